The van der Waals surface area contributed by atoms with E-state index < -0.39 is 0 Å². The first-order valence-electron chi connectivity index (χ1n) is 6.67. The molecule has 0 bridgehead atoms. The van der Waals surface area contributed by atoms with Gasteiger partial charge in [-0.25, -0.2) is 5.43 Å². The van der Waals surface area contributed by atoms with Crippen LogP contribution in [0.1, 0.15) is 39.2 Å². The van der Waals surface area contributed by atoms with Crippen molar-refractivity contribution in [1.82, 2.24) is 10.4 Å². The smallest absolute Gasteiger partial charge is 0.267 e. The molecule has 0 saturated heterocycles. The fraction of sp³-hybridized carbons (Fsp3) is 0.267. The zero-order chi connectivity index (χ0) is 13.8. The Morgan fingerprint density at radius 1 is 1.40 bits per heavy atom. The summed E-state index contributed by atoms with van der Waals surface area (Å²) < 4.78 is 0. The van der Waals surface area contributed by atoms with E-state index in [-0.39, 0.29) is 5.91 Å². The van der Waals surface area contributed by atoms with E-state index in [0.29, 0.717) is 0 Å². The molecule has 2 heterocycles. The number of nitrogens with one attached hydrogen (secondary N) is 1. The lowest BCUT2D eigenvalue weighted by Crippen LogP contribution is -2.19. The number of rotatable bonds is 3. The second kappa shape index (κ2) is 5.96. The van der Waals surface area contributed by atoms with Crippen LogP contribution in [-0.4, -0.2) is 17.1 Å². The highest BCUT2D eigenvalue weighted by Gasteiger charge is 2.19. The quantitative estimate of drug-likeness (QED) is 0.696. The molecule has 0 radical (unpaired) electrons. The number of thiophene rings is 1. The Labute approximate surface area is 121 Å². The zero-order valence-electron chi connectivity index (χ0n) is 11.0. The van der Waals surface area contributed by atoms with Gasteiger partial charge in [-0.05, 0) is 37.3 Å². The van der Waals surface area contributed by atoms with Gasteiger partial charge in [0.05, 0.1) is 11.8 Å². The van der Waals surface area contributed by atoms with Crippen molar-refractivity contribution in [2.75, 3.05) is 0 Å². The van der Waals surface area contributed by atoms with Gasteiger partial charge in [0, 0.05) is 28.2 Å². The number of hydrogen-bond acceptors (Lipinski definition) is 4. The van der Waals surface area contributed by atoms with Gasteiger partial charge in [0.25, 0.3) is 5.91 Å². The fourth-order valence-electron chi connectivity index (χ4n) is 2.36. The van der Waals surface area contributed by atoms with E-state index in [0.717, 1.165) is 24.0 Å². The summed E-state index contributed by atoms with van der Waals surface area (Å²) in [4.78, 5) is 17.5. The van der Waals surface area contributed by atoms with E-state index in [1.807, 2.05) is 17.5 Å². The number of aryl methyl sites for hydroxylation is 1. The third kappa shape index (κ3) is 2.77. The maximum absolute atomic E-state index is 12.1. The highest BCUT2D eigenvalue weighted by molar-refractivity contribution is 7.10. The summed E-state index contributed by atoms with van der Waals surface area (Å²) in [6.07, 6.45) is 9.51. The Kier molecular flexibility index (Phi) is 3.87. The maximum atomic E-state index is 12.1. The lowest BCUT2D eigenvalue weighted by Gasteiger charge is -2.11. The molecule has 0 spiro atoms. The third-order valence-electron chi connectivity index (χ3n) is 3.37. The number of pyridine rings is 1. The molecule has 20 heavy (non-hydrogen) atoms. The minimum atomic E-state index is -0.121. The summed E-state index contributed by atoms with van der Waals surface area (Å²) in [6.45, 7) is 0. The van der Waals surface area contributed by atoms with Crippen molar-refractivity contribution in [3.63, 3.8) is 0 Å². The molecule has 5 heteroatoms. The van der Waals surface area contributed by atoms with Crippen LogP contribution in [-0.2, 0) is 12.8 Å². The van der Waals surface area contributed by atoms with Crippen LogP contribution in [0.5, 0.6) is 0 Å². The van der Waals surface area contributed by atoms with Crippen LogP contribution in [0.3, 0.4) is 0 Å². The van der Waals surface area contributed by atoms with Gasteiger partial charge in [-0.3, -0.25) is 9.78 Å². The molecule has 2 aromatic heterocycles. The van der Waals surface area contributed by atoms with Gasteiger partial charge in [0.15, 0.2) is 0 Å². The number of nitrogens with zero attached hydrogens (tertiary/aromatic N) is 2. The minimum absolute atomic E-state index is 0.121. The molecule has 0 aromatic carbocycles. The first kappa shape index (κ1) is 13.0. The van der Waals surface area contributed by atoms with Crippen LogP contribution in [0.25, 0.3) is 0 Å². The van der Waals surface area contributed by atoms with Gasteiger partial charge >= 0.3 is 0 Å². The van der Waals surface area contributed by atoms with Gasteiger partial charge in [-0.2, -0.15) is 5.10 Å². The summed E-state index contributed by atoms with van der Waals surface area (Å²) >= 11 is 1.69. The van der Waals surface area contributed by atoms with Crippen molar-refractivity contribution in [1.29, 1.82) is 0 Å². The van der Waals surface area contributed by atoms with Gasteiger partial charge in [-0.15, -0.1) is 11.3 Å². The second-order valence-electron chi connectivity index (χ2n) is 4.74. The summed E-state index contributed by atoms with van der Waals surface area (Å²) in [5, 5.41) is 5.94. The Hall–Kier alpha value is -2.01. The number of hydrogen-bond donors (Lipinski definition) is 1. The predicted molar refractivity (Wildman–Crippen MR) is 80.3 cm³/mol. The zero-order valence-corrected chi connectivity index (χ0v) is 11.8. The summed E-state index contributed by atoms with van der Waals surface area (Å²) in [7, 11) is 0. The standard InChI is InChI=1S/C15H15N3OS/c19-15(18-17-9-11-4-3-7-16-8-11)13-10-20-14-6-2-1-5-12(13)14/h3-4,7-10H,1-2,5-6H2,(H,18,19)/b17-9+. The van der Waals surface area contributed by atoms with Crippen molar-refractivity contribution in [3.8, 4) is 0 Å². The summed E-state index contributed by atoms with van der Waals surface area (Å²) in [6, 6.07) is 3.72. The summed E-state index contributed by atoms with van der Waals surface area (Å²) in [5.41, 5.74) is 5.46. The largest absolute Gasteiger partial charge is 0.272 e. The average molecular weight is 285 g/mol. The molecule has 0 aliphatic heterocycles. The first-order valence-corrected chi connectivity index (χ1v) is 7.55. The maximum Gasteiger partial charge on any atom is 0.272 e. The monoisotopic (exact) mass is 285 g/mol. The van der Waals surface area contributed by atoms with E-state index in [1.165, 1.54) is 23.3 Å². The van der Waals surface area contributed by atoms with E-state index in [4.69, 9.17) is 0 Å². The molecule has 102 valence electrons. The number of amides is 1. The van der Waals surface area contributed by atoms with Crippen LogP contribution in [0.2, 0.25) is 0 Å². The SMILES string of the molecule is O=C(N/N=C/c1cccnc1)c1csc2c1CCCC2. The van der Waals surface area contributed by atoms with Crippen molar-refractivity contribution in [2.45, 2.75) is 25.7 Å². The summed E-state index contributed by atoms with van der Waals surface area (Å²) in [5.74, 6) is -0.121. The Morgan fingerprint density at radius 2 is 2.30 bits per heavy atom. The van der Waals surface area contributed by atoms with E-state index in [2.05, 4.69) is 15.5 Å². The molecule has 0 atom stereocenters. The Morgan fingerprint density at radius 3 is 3.15 bits per heavy atom. The van der Waals surface area contributed by atoms with Crippen molar-refractivity contribution in [3.05, 3.63) is 51.5 Å². The van der Waals surface area contributed by atoms with Gasteiger partial charge in [-0.1, -0.05) is 6.07 Å². The van der Waals surface area contributed by atoms with Crippen LogP contribution in [0, 0.1) is 0 Å². The van der Waals surface area contributed by atoms with E-state index in [1.54, 1.807) is 29.9 Å². The molecule has 1 aliphatic rings. The van der Waals surface area contributed by atoms with Gasteiger partial charge in [0.2, 0.25) is 0 Å². The first-order chi connectivity index (χ1) is 9.84. The van der Waals surface area contributed by atoms with Crippen molar-refractivity contribution < 1.29 is 4.79 Å². The van der Waals surface area contributed by atoms with Gasteiger partial charge < -0.3 is 0 Å². The Balaban J connectivity index is 1.68. The molecule has 2 aromatic rings. The van der Waals surface area contributed by atoms with Crippen LogP contribution in [0.4, 0.5) is 0 Å². The molecular weight excluding hydrogens is 270 g/mol. The molecular formula is C15H15N3OS. The van der Waals surface area contributed by atoms with Crippen LogP contribution >= 0.6 is 11.3 Å². The average Bonchev–Trinajstić information content (AvgIpc) is 2.92. The topological polar surface area (TPSA) is 54.4 Å². The second-order valence-corrected chi connectivity index (χ2v) is 5.71. The number of carbonyl (C=O) groups excluding carboxylic acids is 1. The molecule has 1 N–H and O–H groups in total. The van der Waals surface area contributed by atoms with Gasteiger partial charge in [0.1, 0.15) is 0 Å². The van der Waals surface area contributed by atoms with E-state index >= 15 is 0 Å². The number of hydrazone groups is 1. The molecule has 1 aliphatic carbocycles. The van der Waals surface area contributed by atoms with Crippen molar-refractivity contribution in [2.24, 2.45) is 5.10 Å². The highest BCUT2D eigenvalue weighted by Crippen LogP contribution is 2.30. The molecule has 3 rings (SSSR count). The number of aromatic nitrogens is 1. The van der Waals surface area contributed by atoms with E-state index in [9.17, 15) is 4.79 Å². The molecule has 0 fully saturated rings. The number of fused-ring (bicyclic) bond motifs is 1. The fourth-order valence-corrected chi connectivity index (χ4v) is 3.49. The highest BCUT2D eigenvalue weighted by atomic mass is 32.1. The third-order valence-corrected chi connectivity index (χ3v) is 4.46. The normalized spacial score (nSPS) is 14.2. The van der Waals surface area contributed by atoms with Crippen LogP contribution < -0.4 is 5.43 Å². The lowest BCUT2D eigenvalue weighted by molar-refractivity contribution is 0.0954. The molecule has 4 nitrogen and oxygen atoms in total. The van der Waals surface area contributed by atoms with Crippen LogP contribution in [0.15, 0.2) is 35.0 Å². The van der Waals surface area contributed by atoms with Crippen molar-refractivity contribution >= 4 is 23.5 Å². The lowest BCUT2D eigenvalue weighted by atomic mass is 9.96. The molecule has 1 amide bonds. The molecule has 0 unspecified atom stereocenters. The number of carbonyl (C=O) groups is 1. The predicted octanol–water partition coefficient (Wildman–Crippen LogP) is 2.79. The molecule has 0 saturated carbocycles. The Bertz CT molecular complexity index is 634. The minimum Gasteiger partial charge on any atom is -0.267 e.